The summed E-state index contributed by atoms with van der Waals surface area (Å²) < 4.78 is 16.2. The minimum atomic E-state index is -0.795. The van der Waals surface area contributed by atoms with Crippen LogP contribution in [0.3, 0.4) is 0 Å². The SMILES string of the molecule is CCCCCCCCCCCCCCCC(=O)OCC(COC(=O)CCCCCCCCCCCCCCC)OC(=O)CCCN. The van der Waals surface area contributed by atoms with Gasteiger partial charge >= 0.3 is 17.9 Å². The molecule has 46 heavy (non-hydrogen) atoms. The maximum Gasteiger partial charge on any atom is 0.306 e. The Bertz CT molecular complexity index is 639. The molecule has 0 aromatic rings. The molecule has 0 aliphatic heterocycles. The molecule has 0 amide bonds. The molecular weight excluding hydrogens is 578 g/mol. The molecule has 0 unspecified atom stereocenters. The maximum atomic E-state index is 12.3. The van der Waals surface area contributed by atoms with E-state index >= 15 is 0 Å². The molecule has 0 atom stereocenters. The summed E-state index contributed by atoms with van der Waals surface area (Å²) in [6.45, 7) is 4.70. The molecule has 0 rings (SSSR count). The fourth-order valence-electron chi connectivity index (χ4n) is 5.70. The average molecular weight is 654 g/mol. The van der Waals surface area contributed by atoms with Gasteiger partial charge in [0, 0.05) is 19.3 Å². The Morgan fingerprint density at radius 1 is 0.413 bits per heavy atom. The molecule has 0 aromatic heterocycles. The van der Waals surface area contributed by atoms with Gasteiger partial charge in [-0.15, -0.1) is 0 Å². The third-order valence-corrected chi connectivity index (χ3v) is 8.71. The molecule has 2 N–H and O–H groups in total. The van der Waals surface area contributed by atoms with Gasteiger partial charge in [-0.1, -0.05) is 168 Å². The number of esters is 3. The third-order valence-electron chi connectivity index (χ3n) is 8.71. The normalized spacial score (nSPS) is 11.2. The molecule has 0 saturated heterocycles. The lowest BCUT2D eigenvalue weighted by molar-refractivity contribution is -0.167. The van der Waals surface area contributed by atoms with Crippen LogP contribution in [0.15, 0.2) is 0 Å². The van der Waals surface area contributed by atoms with Crippen molar-refractivity contribution in [3.8, 4) is 0 Å². The Labute approximate surface area is 284 Å². The van der Waals surface area contributed by atoms with E-state index < -0.39 is 12.1 Å². The Balaban J connectivity index is 3.99. The average Bonchev–Trinajstić information content (AvgIpc) is 3.05. The van der Waals surface area contributed by atoms with Crippen LogP contribution in [0.4, 0.5) is 0 Å². The molecule has 0 radical (unpaired) electrons. The van der Waals surface area contributed by atoms with Crippen LogP contribution in [0, 0.1) is 0 Å². The summed E-state index contributed by atoms with van der Waals surface area (Å²) in [5.41, 5.74) is 5.50. The van der Waals surface area contributed by atoms with E-state index in [1.807, 2.05) is 0 Å². The number of unbranched alkanes of at least 4 members (excludes halogenated alkanes) is 24. The Morgan fingerprint density at radius 2 is 0.696 bits per heavy atom. The van der Waals surface area contributed by atoms with E-state index in [9.17, 15) is 14.4 Å². The first-order valence-electron chi connectivity index (χ1n) is 19.7. The van der Waals surface area contributed by atoms with Gasteiger partial charge in [-0.25, -0.2) is 0 Å². The number of hydrogen-bond acceptors (Lipinski definition) is 7. The lowest BCUT2D eigenvalue weighted by atomic mass is 10.0. The standard InChI is InChI=1S/C39H75NO6/c1-3-5-7-9-11-13-15-17-19-21-23-25-27-30-37(41)44-34-36(46-39(43)32-29-33-40)35-45-38(42)31-28-26-24-22-20-18-16-14-12-10-8-6-4-2/h36H,3-35,40H2,1-2H3. The largest absolute Gasteiger partial charge is 0.462 e. The van der Waals surface area contributed by atoms with Gasteiger partial charge in [-0.3, -0.25) is 14.4 Å². The van der Waals surface area contributed by atoms with Crippen LogP contribution in [0.25, 0.3) is 0 Å². The highest BCUT2D eigenvalue weighted by atomic mass is 16.6. The number of rotatable bonds is 36. The van der Waals surface area contributed by atoms with Crippen LogP contribution in [-0.4, -0.2) is 43.8 Å². The van der Waals surface area contributed by atoms with Crippen LogP contribution >= 0.6 is 0 Å². The molecule has 0 heterocycles. The van der Waals surface area contributed by atoms with E-state index in [-0.39, 0.29) is 31.6 Å². The first-order chi connectivity index (χ1) is 22.5. The van der Waals surface area contributed by atoms with Gasteiger partial charge in [0.1, 0.15) is 13.2 Å². The molecule has 0 fully saturated rings. The third kappa shape index (κ3) is 33.7. The lowest BCUT2D eigenvalue weighted by Gasteiger charge is -2.18. The molecular formula is C39H75NO6. The number of carbonyl (C=O) groups excluding carboxylic acids is 3. The number of ether oxygens (including phenoxy) is 3. The summed E-state index contributed by atoms with van der Waals surface area (Å²) in [4.78, 5) is 36.8. The topological polar surface area (TPSA) is 105 Å². The van der Waals surface area contributed by atoms with Crippen molar-refractivity contribution in [3.63, 3.8) is 0 Å². The number of carbonyl (C=O) groups is 3. The molecule has 0 saturated carbocycles. The highest BCUT2D eigenvalue weighted by molar-refractivity contribution is 5.71. The molecule has 7 nitrogen and oxygen atoms in total. The molecule has 0 spiro atoms. The van der Waals surface area contributed by atoms with Crippen molar-refractivity contribution in [2.24, 2.45) is 5.73 Å². The van der Waals surface area contributed by atoms with Crippen LogP contribution in [0.1, 0.15) is 206 Å². The van der Waals surface area contributed by atoms with Crippen molar-refractivity contribution < 1.29 is 28.6 Å². The lowest BCUT2D eigenvalue weighted by Crippen LogP contribution is -2.31. The second-order valence-electron chi connectivity index (χ2n) is 13.4. The summed E-state index contributed by atoms with van der Waals surface area (Å²) in [5, 5.41) is 0. The fourth-order valence-corrected chi connectivity index (χ4v) is 5.70. The van der Waals surface area contributed by atoms with Crippen molar-refractivity contribution in [2.75, 3.05) is 19.8 Å². The molecule has 0 aliphatic carbocycles. The summed E-state index contributed by atoms with van der Waals surface area (Å²) >= 11 is 0. The predicted octanol–water partition coefficient (Wildman–Crippen LogP) is 10.7. The van der Waals surface area contributed by atoms with Gasteiger partial charge in [-0.2, -0.15) is 0 Å². The van der Waals surface area contributed by atoms with E-state index in [2.05, 4.69) is 13.8 Å². The van der Waals surface area contributed by atoms with Crippen LogP contribution < -0.4 is 5.73 Å². The van der Waals surface area contributed by atoms with Crippen molar-refractivity contribution in [2.45, 2.75) is 213 Å². The van der Waals surface area contributed by atoms with Crippen molar-refractivity contribution in [1.29, 1.82) is 0 Å². The zero-order valence-electron chi connectivity index (χ0n) is 30.4. The molecule has 0 aliphatic rings. The highest BCUT2D eigenvalue weighted by Gasteiger charge is 2.19. The number of hydrogen-bond donors (Lipinski definition) is 1. The van der Waals surface area contributed by atoms with E-state index in [4.69, 9.17) is 19.9 Å². The van der Waals surface area contributed by atoms with Gasteiger partial charge in [0.15, 0.2) is 6.10 Å². The van der Waals surface area contributed by atoms with Crippen LogP contribution in [0.5, 0.6) is 0 Å². The molecule has 272 valence electrons. The maximum absolute atomic E-state index is 12.3. The van der Waals surface area contributed by atoms with E-state index in [0.29, 0.717) is 25.8 Å². The van der Waals surface area contributed by atoms with Gasteiger partial charge < -0.3 is 19.9 Å². The minimum Gasteiger partial charge on any atom is -0.462 e. The fraction of sp³-hybridized carbons (Fsp3) is 0.923. The first kappa shape index (κ1) is 44.4. The second kappa shape index (κ2) is 36.2. The van der Waals surface area contributed by atoms with E-state index in [1.54, 1.807) is 0 Å². The van der Waals surface area contributed by atoms with Gasteiger partial charge in [-0.05, 0) is 25.8 Å². The van der Waals surface area contributed by atoms with E-state index in [0.717, 1.165) is 38.5 Å². The van der Waals surface area contributed by atoms with Gasteiger partial charge in [0.25, 0.3) is 0 Å². The van der Waals surface area contributed by atoms with Gasteiger partial charge in [0.2, 0.25) is 0 Å². The minimum absolute atomic E-state index is 0.0995. The number of nitrogens with two attached hydrogens (primary N) is 1. The Morgan fingerprint density at radius 3 is 1.00 bits per heavy atom. The Kier molecular flexibility index (Phi) is 34.9. The smallest absolute Gasteiger partial charge is 0.306 e. The molecule has 0 bridgehead atoms. The quantitative estimate of drug-likeness (QED) is 0.0407. The van der Waals surface area contributed by atoms with Crippen molar-refractivity contribution >= 4 is 17.9 Å². The molecule has 7 heteroatoms. The highest BCUT2D eigenvalue weighted by Crippen LogP contribution is 2.15. The van der Waals surface area contributed by atoms with Crippen LogP contribution in [0.2, 0.25) is 0 Å². The second-order valence-corrected chi connectivity index (χ2v) is 13.4. The van der Waals surface area contributed by atoms with Gasteiger partial charge in [0.05, 0.1) is 0 Å². The molecule has 0 aromatic carbocycles. The summed E-state index contributed by atoms with van der Waals surface area (Å²) in [5.74, 6) is -1.02. The predicted molar refractivity (Wildman–Crippen MR) is 191 cm³/mol. The monoisotopic (exact) mass is 654 g/mol. The summed E-state index contributed by atoms with van der Waals surface area (Å²) in [6, 6.07) is 0. The van der Waals surface area contributed by atoms with E-state index in [1.165, 1.54) is 128 Å². The zero-order chi connectivity index (χ0) is 33.8. The zero-order valence-corrected chi connectivity index (χ0v) is 30.4. The first-order valence-corrected chi connectivity index (χ1v) is 19.7. The van der Waals surface area contributed by atoms with Crippen molar-refractivity contribution in [1.82, 2.24) is 0 Å². The van der Waals surface area contributed by atoms with Crippen molar-refractivity contribution in [3.05, 3.63) is 0 Å². The summed E-state index contributed by atoms with van der Waals surface area (Å²) in [6.07, 6.45) is 33.1. The summed E-state index contributed by atoms with van der Waals surface area (Å²) in [7, 11) is 0. The Hall–Kier alpha value is -1.63. The van der Waals surface area contributed by atoms with Crippen LogP contribution in [-0.2, 0) is 28.6 Å².